The molecule has 0 aliphatic rings. The fraction of sp³-hybridized carbons (Fsp3) is 0.222. The van der Waals surface area contributed by atoms with Crippen LogP contribution < -0.4 is 0 Å². The highest BCUT2D eigenvalue weighted by Crippen LogP contribution is 2.14. The third-order valence-corrected chi connectivity index (χ3v) is 3.72. The van der Waals surface area contributed by atoms with Crippen LogP contribution in [0.2, 0.25) is 0 Å². The van der Waals surface area contributed by atoms with Crippen LogP contribution in [0.3, 0.4) is 0 Å². The van der Waals surface area contributed by atoms with Crippen molar-refractivity contribution in [1.29, 1.82) is 0 Å². The lowest BCUT2D eigenvalue weighted by Gasteiger charge is -2.17. The molecule has 2 aromatic rings. The van der Waals surface area contributed by atoms with Crippen molar-refractivity contribution in [2.45, 2.75) is 13.0 Å². The lowest BCUT2D eigenvalue weighted by molar-refractivity contribution is -0.384. The third kappa shape index (κ3) is 4.87. The molecule has 0 saturated carbocycles. The topological polar surface area (TPSA) is 89.8 Å². The minimum absolute atomic E-state index is 0.00440. The minimum Gasteiger partial charge on any atom is -0.465 e. The van der Waals surface area contributed by atoms with E-state index in [1.165, 1.54) is 19.2 Å². The molecular weight excluding hydrogens is 324 g/mol. The smallest absolute Gasteiger partial charge is 0.337 e. The fourth-order valence-electron chi connectivity index (χ4n) is 2.27. The van der Waals surface area contributed by atoms with Gasteiger partial charge in [-0.25, -0.2) is 4.79 Å². The molecule has 0 spiro atoms. The Balaban J connectivity index is 1.95. The molecule has 0 atom stereocenters. The van der Waals surface area contributed by atoms with Gasteiger partial charge in [-0.1, -0.05) is 24.3 Å². The molecule has 0 unspecified atom stereocenters. The predicted octanol–water partition coefficient (Wildman–Crippen LogP) is 2.58. The molecule has 0 aliphatic carbocycles. The number of nitrogens with zero attached hydrogens (tertiary/aromatic N) is 2. The van der Waals surface area contributed by atoms with Crippen LogP contribution in [-0.4, -0.2) is 35.9 Å². The van der Waals surface area contributed by atoms with Gasteiger partial charge in [0.2, 0.25) is 5.91 Å². The zero-order valence-corrected chi connectivity index (χ0v) is 14.0. The fourth-order valence-corrected chi connectivity index (χ4v) is 2.27. The summed E-state index contributed by atoms with van der Waals surface area (Å²) in [6.45, 7) is 0.396. The Bertz CT molecular complexity index is 769. The van der Waals surface area contributed by atoms with Gasteiger partial charge in [-0.2, -0.15) is 0 Å². The van der Waals surface area contributed by atoms with Gasteiger partial charge in [0.25, 0.3) is 5.69 Å². The Hall–Kier alpha value is -3.22. The maximum absolute atomic E-state index is 12.3. The Kier molecular flexibility index (Phi) is 5.84. The van der Waals surface area contributed by atoms with Gasteiger partial charge < -0.3 is 9.64 Å². The average molecular weight is 342 g/mol. The summed E-state index contributed by atoms with van der Waals surface area (Å²) in [5.41, 5.74) is 2.04. The molecular formula is C18H18N2O5. The van der Waals surface area contributed by atoms with Crippen LogP contribution in [0.25, 0.3) is 0 Å². The Morgan fingerprint density at radius 3 is 2.12 bits per heavy atom. The van der Waals surface area contributed by atoms with Crippen molar-refractivity contribution in [1.82, 2.24) is 4.90 Å². The molecule has 1 amide bonds. The Morgan fingerprint density at radius 2 is 1.60 bits per heavy atom. The largest absolute Gasteiger partial charge is 0.465 e. The number of non-ortho nitro benzene ring substituents is 1. The van der Waals surface area contributed by atoms with Gasteiger partial charge in [0.1, 0.15) is 0 Å². The van der Waals surface area contributed by atoms with Crippen molar-refractivity contribution in [3.8, 4) is 0 Å². The number of hydrogen-bond acceptors (Lipinski definition) is 5. The van der Waals surface area contributed by atoms with Crippen molar-refractivity contribution >= 4 is 17.6 Å². The number of amides is 1. The molecule has 7 nitrogen and oxygen atoms in total. The first-order valence-corrected chi connectivity index (χ1v) is 7.55. The minimum atomic E-state index is -0.476. The molecule has 0 radical (unpaired) electrons. The van der Waals surface area contributed by atoms with Crippen molar-refractivity contribution in [3.05, 3.63) is 75.3 Å². The van der Waals surface area contributed by atoms with E-state index in [2.05, 4.69) is 4.74 Å². The molecule has 0 bridgehead atoms. The van der Waals surface area contributed by atoms with E-state index in [4.69, 9.17) is 0 Å². The number of nitro benzene ring substituents is 1. The van der Waals surface area contributed by atoms with Crippen molar-refractivity contribution in [2.75, 3.05) is 14.2 Å². The first-order valence-electron chi connectivity index (χ1n) is 7.55. The van der Waals surface area contributed by atoms with Crippen molar-refractivity contribution in [2.24, 2.45) is 0 Å². The summed E-state index contributed by atoms with van der Waals surface area (Å²) in [6.07, 6.45) is 0.161. The van der Waals surface area contributed by atoms with Gasteiger partial charge >= 0.3 is 5.97 Å². The number of nitro groups is 1. The number of carbonyl (C=O) groups excluding carboxylic acids is 2. The number of hydrogen-bond donors (Lipinski definition) is 0. The maximum Gasteiger partial charge on any atom is 0.337 e. The second-order valence-electron chi connectivity index (χ2n) is 5.54. The predicted molar refractivity (Wildman–Crippen MR) is 91.1 cm³/mol. The molecule has 7 heteroatoms. The molecule has 0 aromatic heterocycles. The van der Waals surface area contributed by atoms with E-state index in [-0.39, 0.29) is 18.0 Å². The lowest BCUT2D eigenvalue weighted by Crippen LogP contribution is -2.27. The van der Waals surface area contributed by atoms with Crippen LogP contribution in [0, 0.1) is 10.1 Å². The summed E-state index contributed by atoms with van der Waals surface area (Å²) in [6, 6.07) is 12.8. The van der Waals surface area contributed by atoms with Crippen LogP contribution in [0.4, 0.5) is 5.69 Å². The number of esters is 1. The van der Waals surface area contributed by atoms with E-state index in [0.717, 1.165) is 5.56 Å². The normalized spacial score (nSPS) is 10.2. The van der Waals surface area contributed by atoms with E-state index in [0.29, 0.717) is 17.7 Å². The summed E-state index contributed by atoms with van der Waals surface area (Å²) in [4.78, 5) is 35.4. The molecule has 0 heterocycles. The summed E-state index contributed by atoms with van der Waals surface area (Å²) in [5, 5.41) is 10.6. The first kappa shape index (κ1) is 18.1. The maximum atomic E-state index is 12.3. The SMILES string of the molecule is COC(=O)c1ccc(CN(C)C(=O)Cc2ccc([N+](=O)[O-])cc2)cc1. The lowest BCUT2D eigenvalue weighted by atomic mass is 10.1. The monoisotopic (exact) mass is 342 g/mol. The van der Waals surface area contributed by atoms with Crippen molar-refractivity contribution < 1.29 is 19.2 Å². The number of methoxy groups -OCH3 is 1. The van der Waals surface area contributed by atoms with Gasteiger partial charge in [0.05, 0.1) is 24.0 Å². The van der Waals surface area contributed by atoms with Gasteiger partial charge in [0, 0.05) is 25.7 Å². The Labute approximate surface area is 145 Å². The molecule has 130 valence electrons. The molecule has 0 saturated heterocycles. The average Bonchev–Trinajstić information content (AvgIpc) is 2.62. The van der Waals surface area contributed by atoms with E-state index < -0.39 is 10.9 Å². The Morgan fingerprint density at radius 1 is 1.04 bits per heavy atom. The van der Waals surface area contributed by atoms with Gasteiger partial charge in [-0.15, -0.1) is 0 Å². The molecule has 2 rings (SSSR count). The molecule has 2 aromatic carbocycles. The molecule has 0 N–H and O–H groups in total. The van der Waals surface area contributed by atoms with Crippen LogP contribution in [0.5, 0.6) is 0 Å². The number of ether oxygens (including phenoxy) is 1. The summed E-state index contributed by atoms with van der Waals surface area (Å²) < 4.78 is 4.64. The highest BCUT2D eigenvalue weighted by atomic mass is 16.6. The van der Waals surface area contributed by atoms with Crippen LogP contribution in [0.15, 0.2) is 48.5 Å². The van der Waals surface area contributed by atoms with E-state index in [1.807, 2.05) is 0 Å². The first-order chi connectivity index (χ1) is 11.9. The van der Waals surface area contributed by atoms with Crippen molar-refractivity contribution in [3.63, 3.8) is 0 Å². The highest BCUT2D eigenvalue weighted by Gasteiger charge is 2.12. The summed E-state index contributed by atoms with van der Waals surface area (Å²) in [5.74, 6) is -0.514. The molecule has 0 fully saturated rings. The third-order valence-electron chi connectivity index (χ3n) is 3.72. The standard InChI is InChI=1S/C18H18N2O5/c1-19(12-14-3-7-15(8-4-14)18(22)25-2)17(21)11-13-5-9-16(10-6-13)20(23)24/h3-10H,11-12H2,1-2H3. The van der Waals surface area contributed by atoms with E-state index >= 15 is 0 Å². The zero-order chi connectivity index (χ0) is 18.4. The van der Waals surface area contributed by atoms with Gasteiger partial charge in [0.15, 0.2) is 0 Å². The number of likely N-dealkylation sites (N-methyl/N-ethyl adjacent to an activating group) is 1. The zero-order valence-electron chi connectivity index (χ0n) is 14.0. The van der Waals surface area contributed by atoms with Gasteiger partial charge in [-0.3, -0.25) is 14.9 Å². The van der Waals surface area contributed by atoms with E-state index in [1.54, 1.807) is 48.3 Å². The summed E-state index contributed by atoms with van der Waals surface area (Å²) in [7, 11) is 3.00. The summed E-state index contributed by atoms with van der Waals surface area (Å²) >= 11 is 0. The van der Waals surface area contributed by atoms with Crippen LogP contribution in [0.1, 0.15) is 21.5 Å². The van der Waals surface area contributed by atoms with Gasteiger partial charge in [-0.05, 0) is 23.3 Å². The quantitative estimate of drug-likeness (QED) is 0.457. The highest BCUT2D eigenvalue weighted by molar-refractivity contribution is 5.89. The molecule has 0 aliphatic heterocycles. The second kappa shape index (κ2) is 8.05. The van der Waals surface area contributed by atoms with Crippen LogP contribution in [-0.2, 0) is 22.5 Å². The number of rotatable bonds is 6. The number of benzene rings is 2. The van der Waals surface area contributed by atoms with Crippen LogP contribution >= 0.6 is 0 Å². The number of carbonyl (C=O) groups is 2. The van der Waals surface area contributed by atoms with E-state index in [9.17, 15) is 19.7 Å². The second-order valence-corrected chi connectivity index (χ2v) is 5.54. The molecule has 25 heavy (non-hydrogen) atoms.